The van der Waals surface area contributed by atoms with E-state index in [1.807, 2.05) is 36.4 Å². The third-order valence-electron chi connectivity index (χ3n) is 4.34. The first-order valence-electron chi connectivity index (χ1n) is 8.41. The van der Waals surface area contributed by atoms with Crippen LogP contribution < -0.4 is 10.1 Å². The Balaban J connectivity index is 1.45. The van der Waals surface area contributed by atoms with Crippen molar-refractivity contribution in [2.45, 2.75) is 6.54 Å². The van der Waals surface area contributed by atoms with Gasteiger partial charge in [0, 0.05) is 16.8 Å². The maximum atomic E-state index is 5.94. The zero-order valence-electron chi connectivity index (χ0n) is 14.4. The van der Waals surface area contributed by atoms with Gasteiger partial charge in [-0.05, 0) is 24.3 Å². The summed E-state index contributed by atoms with van der Waals surface area (Å²) in [4.78, 5) is 4.32. The molecule has 7 heteroatoms. The number of furan rings is 2. The molecule has 5 rings (SSSR count). The number of para-hydroxylation sites is 1. The molecule has 3 heterocycles. The molecule has 0 aliphatic rings. The van der Waals surface area contributed by atoms with Crippen molar-refractivity contribution in [1.29, 1.82) is 0 Å². The van der Waals surface area contributed by atoms with Crippen molar-refractivity contribution < 1.29 is 18.1 Å². The lowest BCUT2D eigenvalue weighted by Crippen LogP contribution is -2.01. The first-order chi connectivity index (χ1) is 13.3. The molecule has 7 nitrogen and oxygen atoms in total. The monoisotopic (exact) mass is 361 g/mol. The van der Waals surface area contributed by atoms with Crippen molar-refractivity contribution in [3.63, 3.8) is 0 Å². The summed E-state index contributed by atoms with van der Waals surface area (Å²) in [7, 11) is 1.64. The van der Waals surface area contributed by atoms with Gasteiger partial charge in [-0.2, -0.15) is 4.98 Å². The lowest BCUT2D eigenvalue weighted by molar-refractivity contribution is 0.382. The molecule has 0 unspecified atom stereocenters. The molecular weight excluding hydrogens is 346 g/mol. The van der Waals surface area contributed by atoms with Gasteiger partial charge in [-0.3, -0.25) is 0 Å². The van der Waals surface area contributed by atoms with Gasteiger partial charge in [0.2, 0.25) is 11.7 Å². The maximum Gasteiger partial charge on any atom is 0.246 e. The van der Waals surface area contributed by atoms with Crippen LogP contribution >= 0.6 is 0 Å². The number of ether oxygens (including phenoxy) is 1. The molecular formula is C20H15N3O4. The third-order valence-corrected chi connectivity index (χ3v) is 4.34. The lowest BCUT2D eigenvalue weighted by Gasteiger charge is -2.09. The van der Waals surface area contributed by atoms with Gasteiger partial charge in [-0.25, -0.2) is 0 Å². The van der Waals surface area contributed by atoms with E-state index in [0.717, 1.165) is 27.6 Å². The predicted molar refractivity (Wildman–Crippen MR) is 99.6 cm³/mol. The van der Waals surface area contributed by atoms with Crippen LogP contribution in [0.3, 0.4) is 0 Å². The van der Waals surface area contributed by atoms with Crippen molar-refractivity contribution >= 4 is 27.6 Å². The quantitative estimate of drug-likeness (QED) is 0.479. The first-order valence-corrected chi connectivity index (χ1v) is 8.41. The fourth-order valence-electron chi connectivity index (χ4n) is 3.06. The highest BCUT2D eigenvalue weighted by Gasteiger charge is 2.14. The molecule has 0 fully saturated rings. The Labute approximate surface area is 153 Å². The van der Waals surface area contributed by atoms with Crippen LogP contribution in [0.4, 0.5) is 5.69 Å². The van der Waals surface area contributed by atoms with Crippen LogP contribution in [-0.4, -0.2) is 17.3 Å². The first kappa shape index (κ1) is 15.5. The van der Waals surface area contributed by atoms with Gasteiger partial charge < -0.3 is 23.4 Å². The van der Waals surface area contributed by atoms with Crippen LogP contribution in [0.2, 0.25) is 0 Å². The zero-order chi connectivity index (χ0) is 18.2. The van der Waals surface area contributed by atoms with E-state index in [2.05, 4.69) is 15.5 Å². The molecule has 27 heavy (non-hydrogen) atoms. The van der Waals surface area contributed by atoms with E-state index in [0.29, 0.717) is 29.8 Å². The molecule has 0 amide bonds. The minimum Gasteiger partial charge on any atom is -0.495 e. The Morgan fingerprint density at radius 1 is 1.04 bits per heavy atom. The third kappa shape index (κ3) is 2.69. The summed E-state index contributed by atoms with van der Waals surface area (Å²) in [6, 6.07) is 15.3. The number of aromatic nitrogens is 2. The van der Waals surface area contributed by atoms with E-state index >= 15 is 0 Å². The number of methoxy groups -OCH3 is 1. The number of benzene rings is 2. The van der Waals surface area contributed by atoms with Crippen LogP contribution in [0.1, 0.15) is 5.89 Å². The second-order valence-electron chi connectivity index (χ2n) is 5.99. The van der Waals surface area contributed by atoms with Crippen LogP contribution in [0.25, 0.3) is 33.5 Å². The van der Waals surface area contributed by atoms with Gasteiger partial charge in [-0.15, -0.1) is 0 Å². The minimum absolute atomic E-state index is 0.343. The molecule has 0 bridgehead atoms. The average molecular weight is 361 g/mol. The Morgan fingerprint density at radius 2 is 1.96 bits per heavy atom. The molecule has 0 saturated carbocycles. The largest absolute Gasteiger partial charge is 0.495 e. The normalized spacial score (nSPS) is 11.3. The Kier molecular flexibility index (Phi) is 3.57. The number of nitrogens with zero attached hydrogens (tertiary/aromatic N) is 2. The molecule has 3 aromatic heterocycles. The SMILES string of the molecule is COc1cc2c(cc1NCc1nc(-c3ccco3)no1)oc1ccccc12. The summed E-state index contributed by atoms with van der Waals surface area (Å²) in [5, 5.41) is 9.24. The fourth-order valence-corrected chi connectivity index (χ4v) is 3.06. The van der Waals surface area contributed by atoms with E-state index in [9.17, 15) is 0 Å². The number of fused-ring (bicyclic) bond motifs is 3. The van der Waals surface area contributed by atoms with Gasteiger partial charge in [0.25, 0.3) is 0 Å². The Bertz CT molecular complexity index is 1220. The standard InChI is InChI=1S/C20H15N3O4/c1-24-18-9-13-12-5-2-3-6-15(12)26-17(13)10-14(18)21-11-19-22-20(23-27-19)16-7-4-8-25-16/h2-10,21H,11H2,1H3. The van der Waals surface area contributed by atoms with E-state index in [4.69, 9.17) is 18.1 Å². The second-order valence-corrected chi connectivity index (χ2v) is 5.99. The molecule has 1 N–H and O–H groups in total. The van der Waals surface area contributed by atoms with Crippen LogP contribution in [-0.2, 0) is 6.54 Å². The van der Waals surface area contributed by atoms with Gasteiger partial charge in [0.05, 0.1) is 25.6 Å². The summed E-state index contributed by atoms with van der Waals surface area (Å²) in [6.45, 7) is 0.343. The molecule has 0 spiro atoms. The van der Waals surface area contributed by atoms with Crippen molar-refractivity contribution in [2.24, 2.45) is 0 Å². The van der Waals surface area contributed by atoms with Crippen molar-refractivity contribution in [2.75, 3.05) is 12.4 Å². The van der Waals surface area contributed by atoms with E-state index < -0.39 is 0 Å². The van der Waals surface area contributed by atoms with Crippen LogP contribution in [0.15, 0.2) is 68.2 Å². The van der Waals surface area contributed by atoms with E-state index in [1.165, 1.54) is 0 Å². The van der Waals surface area contributed by atoms with Gasteiger partial charge >= 0.3 is 0 Å². The summed E-state index contributed by atoms with van der Waals surface area (Å²) in [5.74, 6) is 2.12. The van der Waals surface area contributed by atoms with Crippen LogP contribution in [0, 0.1) is 0 Å². The predicted octanol–water partition coefficient (Wildman–Crippen LogP) is 4.85. The van der Waals surface area contributed by atoms with Gasteiger partial charge in [0.1, 0.15) is 16.9 Å². The fraction of sp³-hybridized carbons (Fsp3) is 0.100. The number of anilines is 1. The minimum atomic E-state index is 0.343. The van der Waals surface area contributed by atoms with Gasteiger partial charge in [-0.1, -0.05) is 23.4 Å². The molecule has 5 aromatic rings. The Morgan fingerprint density at radius 3 is 2.81 bits per heavy atom. The number of hydrogen-bond acceptors (Lipinski definition) is 7. The molecule has 0 atom stereocenters. The molecule has 134 valence electrons. The molecule has 0 aliphatic heterocycles. The van der Waals surface area contributed by atoms with Crippen molar-refractivity contribution in [1.82, 2.24) is 10.1 Å². The highest BCUT2D eigenvalue weighted by molar-refractivity contribution is 6.06. The number of hydrogen-bond donors (Lipinski definition) is 1. The van der Waals surface area contributed by atoms with Gasteiger partial charge in [0.15, 0.2) is 5.76 Å². The number of nitrogens with one attached hydrogen (secondary N) is 1. The summed E-state index contributed by atoms with van der Waals surface area (Å²) >= 11 is 0. The van der Waals surface area contributed by atoms with Crippen molar-refractivity contribution in [3.05, 3.63) is 60.7 Å². The van der Waals surface area contributed by atoms with E-state index in [1.54, 1.807) is 25.5 Å². The molecule has 2 aromatic carbocycles. The maximum absolute atomic E-state index is 5.94. The lowest BCUT2D eigenvalue weighted by atomic mass is 10.1. The second kappa shape index (κ2) is 6.21. The molecule has 0 saturated heterocycles. The molecule has 0 radical (unpaired) electrons. The Hall–Kier alpha value is -3.74. The zero-order valence-corrected chi connectivity index (χ0v) is 14.4. The topological polar surface area (TPSA) is 86.5 Å². The average Bonchev–Trinajstić information content (AvgIpc) is 3.44. The summed E-state index contributed by atoms with van der Waals surface area (Å²) in [6.07, 6.45) is 1.57. The van der Waals surface area contributed by atoms with E-state index in [-0.39, 0.29) is 0 Å². The molecule has 0 aliphatic carbocycles. The highest BCUT2D eigenvalue weighted by Crippen LogP contribution is 2.36. The number of rotatable bonds is 5. The highest BCUT2D eigenvalue weighted by atomic mass is 16.5. The smallest absolute Gasteiger partial charge is 0.246 e. The van der Waals surface area contributed by atoms with Crippen LogP contribution in [0.5, 0.6) is 5.75 Å². The van der Waals surface area contributed by atoms with Crippen molar-refractivity contribution in [3.8, 4) is 17.3 Å². The summed E-state index contributed by atoms with van der Waals surface area (Å²) < 4.78 is 22.0. The summed E-state index contributed by atoms with van der Waals surface area (Å²) in [5.41, 5.74) is 2.40.